The number of aliphatic carboxylic acids is 1. The molecule has 1 aromatic heterocycles. The topological polar surface area (TPSA) is 94.2 Å². The fourth-order valence-corrected chi connectivity index (χ4v) is 2.57. The first-order chi connectivity index (χ1) is 13.7. The second-order valence-corrected chi connectivity index (χ2v) is 7.81. The molecule has 0 saturated heterocycles. The van der Waals surface area contributed by atoms with Crippen LogP contribution < -0.4 is 4.74 Å². The molecule has 0 bridgehead atoms. The van der Waals surface area contributed by atoms with E-state index in [0.717, 1.165) is 22.7 Å². The highest BCUT2D eigenvalue weighted by molar-refractivity contribution is 6.00. The standard InChI is InChI=1S/C22H30N2O5/c1-7-17(15-9-11-16(12-10-15)29-19(8-2)20(25)26)24-27-13-18-14(3)28-21(23-18)22(4,5)6/h9-12,19H,7-8,13H2,1-6H3,(H,25,26). The molecule has 7 nitrogen and oxygen atoms in total. The van der Waals surface area contributed by atoms with Crippen molar-refractivity contribution in [3.8, 4) is 5.75 Å². The van der Waals surface area contributed by atoms with E-state index in [4.69, 9.17) is 19.1 Å². The molecule has 0 aliphatic rings. The van der Waals surface area contributed by atoms with Crippen LogP contribution in [0.5, 0.6) is 5.75 Å². The lowest BCUT2D eigenvalue weighted by Gasteiger charge is -2.13. The van der Waals surface area contributed by atoms with E-state index in [1.54, 1.807) is 19.1 Å². The van der Waals surface area contributed by atoms with Crippen molar-refractivity contribution in [2.24, 2.45) is 5.16 Å². The molecule has 0 fully saturated rings. The Balaban J connectivity index is 2.05. The van der Waals surface area contributed by atoms with Gasteiger partial charge in [0.25, 0.3) is 0 Å². The number of ether oxygens (including phenoxy) is 1. The van der Waals surface area contributed by atoms with Gasteiger partial charge >= 0.3 is 5.97 Å². The van der Waals surface area contributed by atoms with Crippen LogP contribution in [0, 0.1) is 6.92 Å². The maximum absolute atomic E-state index is 11.1. The molecule has 29 heavy (non-hydrogen) atoms. The van der Waals surface area contributed by atoms with Crippen LogP contribution in [0.2, 0.25) is 0 Å². The Kier molecular flexibility index (Phi) is 7.42. The molecule has 0 aliphatic heterocycles. The number of oxazole rings is 1. The van der Waals surface area contributed by atoms with Crippen molar-refractivity contribution in [1.29, 1.82) is 0 Å². The van der Waals surface area contributed by atoms with Crippen LogP contribution in [0.15, 0.2) is 33.8 Å². The van der Waals surface area contributed by atoms with Gasteiger partial charge in [0.1, 0.15) is 17.2 Å². The number of carbonyl (C=O) groups is 1. The van der Waals surface area contributed by atoms with Crippen LogP contribution in [0.3, 0.4) is 0 Å². The Bertz CT molecular complexity index is 847. The van der Waals surface area contributed by atoms with Crippen molar-refractivity contribution in [3.63, 3.8) is 0 Å². The van der Waals surface area contributed by atoms with Crippen molar-refractivity contribution < 1.29 is 23.9 Å². The van der Waals surface area contributed by atoms with Gasteiger partial charge in [-0.05, 0) is 49.6 Å². The summed E-state index contributed by atoms with van der Waals surface area (Å²) in [5.41, 5.74) is 2.23. The van der Waals surface area contributed by atoms with Crippen molar-refractivity contribution in [3.05, 3.63) is 47.2 Å². The number of aryl methyl sites for hydroxylation is 1. The predicted octanol–water partition coefficient (Wildman–Crippen LogP) is 4.85. The van der Waals surface area contributed by atoms with Crippen LogP contribution in [0.25, 0.3) is 0 Å². The first-order valence-corrected chi connectivity index (χ1v) is 9.81. The molecule has 158 valence electrons. The zero-order valence-corrected chi connectivity index (χ0v) is 18.0. The van der Waals surface area contributed by atoms with Gasteiger partial charge in [0.15, 0.2) is 18.6 Å². The van der Waals surface area contributed by atoms with Crippen LogP contribution in [-0.2, 0) is 21.7 Å². The Morgan fingerprint density at radius 3 is 2.38 bits per heavy atom. The zero-order valence-electron chi connectivity index (χ0n) is 18.0. The molecule has 2 aromatic rings. The summed E-state index contributed by atoms with van der Waals surface area (Å²) in [6.07, 6.45) is 0.218. The van der Waals surface area contributed by atoms with Crippen LogP contribution in [0.4, 0.5) is 0 Å². The Morgan fingerprint density at radius 1 is 1.24 bits per heavy atom. The summed E-state index contributed by atoms with van der Waals surface area (Å²) in [6.45, 7) is 12.0. The summed E-state index contributed by atoms with van der Waals surface area (Å²) in [6, 6.07) is 7.16. The van der Waals surface area contributed by atoms with Crippen molar-refractivity contribution in [1.82, 2.24) is 4.98 Å². The number of nitrogens with zero attached hydrogens (tertiary/aromatic N) is 2. The molecule has 1 heterocycles. The van der Waals surface area contributed by atoms with Gasteiger partial charge in [-0.15, -0.1) is 0 Å². The molecule has 0 saturated carbocycles. The predicted molar refractivity (Wildman–Crippen MR) is 110 cm³/mol. The minimum atomic E-state index is -0.974. The third-order valence-electron chi connectivity index (χ3n) is 4.36. The molecular weight excluding hydrogens is 372 g/mol. The van der Waals surface area contributed by atoms with E-state index in [1.807, 2.05) is 46.8 Å². The average Bonchev–Trinajstić information content (AvgIpc) is 3.05. The lowest BCUT2D eigenvalue weighted by atomic mass is 9.97. The summed E-state index contributed by atoms with van der Waals surface area (Å²) in [7, 11) is 0. The van der Waals surface area contributed by atoms with Crippen LogP contribution in [0.1, 0.15) is 70.4 Å². The van der Waals surface area contributed by atoms with E-state index >= 15 is 0 Å². The van der Waals surface area contributed by atoms with Crippen molar-refractivity contribution in [2.75, 3.05) is 0 Å². The van der Waals surface area contributed by atoms with Crippen molar-refractivity contribution >= 4 is 11.7 Å². The second-order valence-electron chi connectivity index (χ2n) is 7.81. The number of carboxylic acids is 1. The van der Waals surface area contributed by atoms with Gasteiger partial charge in [-0.1, -0.05) is 39.8 Å². The smallest absolute Gasteiger partial charge is 0.344 e. The molecule has 0 amide bonds. The molecule has 1 N–H and O–H groups in total. The summed E-state index contributed by atoms with van der Waals surface area (Å²) in [5, 5.41) is 13.4. The Hall–Kier alpha value is -2.83. The quantitative estimate of drug-likeness (QED) is 0.476. The van der Waals surface area contributed by atoms with Gasteiger partial charge in [0.2, 0.25) is 0 Å². The number of hydrogen-bond donors (Lipinski definition) is 1. The number of rotatable bonds is 9. The third kappa shape index (κ3) is 6.07. The number of benzene rings is 1. The summed E-state index contributed by atoms with van der Waals surface area (Å²) >= 11 is 0. The SMILES string of the molecule is CCC(=NOCc1nc(C(C)(C)C)oc1C)c1ccc(OC(CC)C(=O)O)cc1. The maximum atomic E-state index is 11.1. The van der Waals surface area contributed by atoms with E-state index in [0.29, 0.717) is 24.5 Å². The average molecular weight is 402 g/mol. The molecule has 1 atom stereocenters. The van der Waals surface area contributed by atoms with E-state index in [-0.39, 0.29) is 12.0 Å². The highest BCUT2D eigenvalue weighted by Gasteiger charge is 2.22. The largest absolute Gasteiger partial charge is 0.479 e. The van der Waals surface area contributed by atoms with E-state index in [9.17, 15) is 4.79 Å². The molecule has 0 aliphatic carbocycles. The van der Waals surface area contributed by atoms with Gasteiger partial charge in [-0.2, -0.15) is 0 Å². The molecule has 1 unspecified atom stereocenters. The molecule has 1 aromatic carbocycles. The monoisotopic (exact) mass is 402 g/mol. The first kappa shape index (κ1) is 22.5. The molecule has 0 spiro atoms. The minimum Gasteiger partial charge on any atom is -0.479 e. The number of carboxylic acid groups (broad SMARTS) is 1. The fourth-order valence-electron chi connectivity index (χ4n) is 2.57. The van der Waals surface area contributed by atoms with Gasteiger partial charge < -0.3 is 19.1 Å². The summed E-state index contributed by atoms with van der Waals surface area (Å²) in [4.78, 5) is 21.1. The van der Waals surface area contributed by atoms with Gasteiger partial charge in [-0.3, -0.25) is 0 Å². The van der Waals surface area contributed by atoms with Gasteiger partial charge in [0, 0.05) is 5.41 Å². The normalized spacial score (nSPS) is 13.2. The second kappa shape index (κ2) is 9.58. The lowest BCUT2D eigenvalue weighted by molar-refractivity contribution is -0.145. The molecule has 2 rings (SSSR count). The van der Waals surface area contributed by atoms with Crippen molar-refractivity contribution in [2.45, 2.75) is 72.5 Å². The van der Waals surface area contributed by atoms with Gasteiger partial charge in [-0.25, -0.2) is 9.78 Å². The Labute approximate surface area is 171 Å². The highest BCUT2D eigenvalue weighted by atomic mass is 16.6. The van der Waals surface area contributed by atoms with E-state index < -0.39 is 12.1 Å². The number of aromatic nitrogens is 1. The number of hydrogen-bond acceptors (Lipinski definition) is 6. The third-order valence-corrected chi connectivity index (χ3v) is 4.36. The molecular formula is C22H30N2O5. The maximum Gasteiger partial charge on any atom is 0.344 e. The molecule has 7 heteroatoms. The summed E-state index contributed by atoms with van der Waals surface area (Å²) < 4.78 is 11.2. The minimum absolute atomic E-state index is 0.165. The zero-order chi connectivity index (χ0) is 21.6. The fraction of sp³-hybridized carbons (Fsp3) is 0.500. The summed E-state index contributed by atoms with van der Waals surface area (Å²) in [5.74, 6) is 0.940. The van der Waals surface area contributed by atoms with Crippen LogP contribution in [-0.4, -0.2) is 27.9 Å². The van der Waals surface area contributed by atoms with E-state index in [1.165, 1.54) is 0 Å². The first-order valence-electron chi connectivity index (χ1n) is 9.81. The molecule has 0 radical (unpaired) electrons. The Morgan fingerprint density at radius 2 is 1.90 bits per heavy atom. The number of oxime groups is 1. The lowest BCUT2D eigenvalue weighted by Crippen LogP contribution is -2.25. The highest BCUT2D eigenvalue weighted by Crippen LogP contribution is 2.24. The van der Waals surface area contributed by atoms with Crippen LogP contribution >= 0.6 is 0 Å². The van der Waals surface area contributed by atoms with Gasteiger partial charge in [0.05, 0.1) is 5.71 Å². The van der Waals surface area contributed by atoms with E-state index in [2.05, 4.69) is 10.1 Å².